The van der Waals surface area contributed by atoms with Gasteiger partial charge in [0.25, 0.3) is 0 Å². The first kappa shape index (κ1) is 13.6. The van der Waals surface area contributed by atoms with Crippen LogP contribution in [-0.2, 0) is 0 Å². The molecule has 2 fully saturated rings. The molecule has 4 heterocycles. The second-order valence-corrected chi connectivity index (χ2v) is 7.28. The van der Waals surface area contributed by atoms with Crippen molar-refractivity contribution in [1.82, 2.24) is 19.9 Å². The van der Waals surface area contributed by atoms with Gasteiger partial charge in [0.15, 0.2) is 5.65 Å². The van der Waals surface area contributed by atoms with Crippen molar-refractivity contribution in [2.45, 2.75) is 37.6 Å². The van der Waals surface area contributed by atoms with Gasteiger partial charge in [0.05, 0.1) is 0 Å². The summed E-state index contributed by atoms with van der Waals surface area (Å²) in [5.41, 5.74) is 2.17. The zero-order valence-electron chi connectivity index (χ0n) is 12.3. The summed E-state index contributed by atoms with van der Waals surface area (Å²) >= 11 is 2.08. The molecule has 0 aromatic carbocycles. The summed E-state index contributed by atoms with van der Waals surface area (Å²) in [6.07, 6.45) is 6.81. The molecule has 4 rings (SSSR count). The third-order valence-electron chi connectivity index (χ3n) is 4.74. The number of hydrogen-bond donors (Lipinski definition) is 1. The molecular weight excluding hydrogens is 280 g/mol. The molecule has 0 amide bonds. The van der Waals surface area contributed by atoms with E-state index in [9.17, 15) is 0 Å². The van der Waals surface area contributed by atoms with E-state index in [1.54, 1.807) is 0 Å². The van der Waals surface area contributed by atoms with Crippen molar-refractivity contribution in [3.05, 3.63) is 24.2 Å². The fraction of sp³-hybridized carbons (Fsp3) is 0.625. The van der Waals surface area contributed by atoms with Gasteiger partial charge in [-0.2, -0.15) is 11.8 Å². The lowest BCUT2D eigenvalue weighted by atomic mass is 10.00. The Morgan fingerprint density at radius 2 is 1.95 bits per heavy atom. The van der Waals surface area contributed by atoms with Gasteiger partial charge in [-0.3, -0.25) is 0 Å². The van der Waals surface area contributed by atoms with Crippen LogP contribution in [0.3, 0.4) is 0 Å². The fourth-order valence-electron chi connectivity index (χ4n) is 3.62. The smallest absolute Gasteiger partial charge is 0.160 e. The first-order valence-corrected chi connectivity index (χ1v) is 9.20. The highest BCUT2D eigenvalue weighted by molar-refractivity contribution is 7.99. The molecule has 0 atom stereocenters. The van der Waals surface area contributed by atoms with E-state index in [0.29, 0.717) is 12.0 Å². The van der Waals surface area contributed by atoms with Crippen molar-refractivity contribution in [3.8, 4) is 0 Å². The van der Waals surface area contributed by atoms with Crippen molar-refractivity contribution in [2.24, 2.45) is 0 Å². The average Bonchev–Trinajstić information content (AvgIpc) is 2.96. The zero-order valence-corrected chi connectivity index (χ0v) is 13.1. The Morgan fingerprint density at radius 1 is 1.14 bits per heavy atom. The topological polar surface area (TPSA) is 42.7 Å². The van der Waals surface area contributed by atoms with Gasteiger partial charge in [-0.05, 0) is 62.4 Å². The summed E-state index contributed by atoms with van der Waals surface area (Å²) in [6.45, 7) is 2.22. The molecule has 0 bridgehead atoms. The van der Waals surface area contributed by atoms with E-state index in [4.69, 9.17) is 4.98 Å². The molecule has 5 heteroatoms. The minimum Gasteiger partial charge on any atom is -0.317 e. The Morgan fingerprint density at radius 3 is 2.76 bits per heavy atom. The first-order valence-electron chi connectivity index (χ1n) is 8.05. The number of imidazole rings is 1. The molecule has 112 valence electrons. The highest BCUT2D eigenvalue weighted by atomic mass is 32.2. The van der Waals surface area contributed by atoms with Crippen LogP contribution in [0.4, 0.5) is 0 Å². The summed E-state index contributed by atoms with van der Waals surface area (Å²) in [6, 6.07) is 4.68. The van der Waals surface area contributed by atoms with Crippen LogP contribution in [0, 0.1) is 0 Å². The lowest BCUT2D eigenvalue weighted by molar-refractivity contribution is 0.357. The Labute approximate surface area is 129 Å². The number of rotatable bonds is 2. The largest absolute Gasteiger partial charge is 0.317 e. The third-order valence-corrected chi connectivity index (χ3v) is 5.79. The molecule has 0 spiro atoms. The molecule has 2 saturated heterocycles. The van der Waals surface area contributed by atoms with Crippen molar-refractivity contribution in [1.29, 1.82) is 0 Å². The lowest BCUT2D eigenvalue weighted by Crippen LogP contribution is -2.30. The van der Waals surface area contributed by atoms with Gasteiger partial charge >= 0.3 is 0 Å². The molecule has 2 aliphatic rings. The van der Waals surface area contributed by atoms with Gasteiger partial charge in [0.2, 0.25) is 0 Å². The van der Waals surface area contributed by atoms with E-state index < -0.39 is 0 Å². The Hall–Kier alpha value is -1.07. The van der Waals surface area contributed by atoms with Crippen LogP contribution in [0.2, 0.25) is 0 Å². The molecular formula is C16H22N4S. The Kier molecular flexibility index (Phi) is 3.86. The van der Waals surface area contributed by atoms with E-state index in [1.807, 2.05) is 12.3 Å². The standard InChI is InChI=1S/C16H22N4S/c1-2-14-16(18-7-1)20(13-3-8-17-9-4-13)15(19-14)12-5-10-21-11-6-12/h1-2,7,12-13,17H,3-6,8-11H2. The van der Waals surface area contributed by atoms with Gasteiger partial charge in [-0.1, -0.05) is 0 Å². The Bertz CT molecular complexity index is 612. The van der Waals surface area contributed by atoms with Gasteiger partial charge in [-0.25, -0.2) is 9.97 Å². The molecule has 2 aliphatic heterocycles. The Balaban J connectivity index is 1.79. The predicted molar refractivity (Wildman–Crippen MR) is 88.0 cm³/mol. The summed E-state index contributed by atoms with van der Waals surface area (Å²) < 4.78 is 2.48. The molecule has 1 N–H and O–H groups in total. The average molecular weight is 302 g/mol. The van der Waals surface area contributed by atoms with Gasteiger partial charge in [-0.15, -0.1) is 0 Å². The minimum atomic E-state index is 0.565. The first-order chi connectivity index (χ1) is 10.4. The molecule has 4 nitrogen and oxygen atoms in total. The summed E-state index contributed by atoms with van der Waals surface area (Å²) in [7, 11) is 0. The van der Waals surface area contributed by atoms with Crippen LogP contribution in [0.25, 0.3) is 11.2 Å². The molecule has 0 unspecified atom stereocenters. The molecule has 21 heavy (non-hydrogen) atoms. The van der Waals surface area contributed by atoms with E-state index in [1.165, 1.54) is 43.0 Å². The van der Waals surface area contributed by atoms with Crippen LogP contribution < -0.4 is 5.32 Å². The van der Waals surface area contributed by atoms with E-state index in [2.05, 4.69) is 32.7 Å². The lowest BCUT2D eigenvalue weighted by Gasteiger charge is -2.29. The zero-order chi connectivity index (χ0) is 14.1. The van der Waals surface area contributed by atoms with Crippen molar-refractivity contribution < 1.29 is 0 Å². The van der Waals surface area contributed by atoms with Crippen LogP contribution in [0.15, 0.2) is 18.3 Å². The number of hydrogen-bond acceptors (Lipinski definition) is 4. The van der Waals surface area contributed by atoms with Crippen molar-refractivity contribution in [2.75, 3.05) is 24.6 Å². The normalized spacial score (nSPS) is 21.9. The van der Waals surface area contributed by atoms with Crippen LogP contribution >= 0.6 is 11.8 Å². The maximum Gasteiger partial charge on any atom is 0.160 e. The number of fused-ring (bicyclic) bond motifs is 1. The second kappa shape index (κ2) is 5.97. The molecule has 2 aromatic heterocycles. The summed E-state index contributed by atoms with van der Waals surface area (Å²) in [5.74, 6) is 4.47. The number of piperidine rings is 1. The highest BCUT2D eigenvalue weighted by Gasteiger charge is 2.27. The summed E-state index contributed by atoms with van der Waals surface area (Å²) in [5, 5.41) is 3.47. The van der Waals surface area contributed by atoms with Crippen LogP contribution in [-0.4, -0.2) is 39.1 Å². The molecule has 0 radical (unpaired) electrons. The SMILES string of the molecule is c1cnc2c(c1)nc(C1CCSCC1)n2C1CCNCC1. The van der Waals surface area contributed by atoms with E-state index >= 15 is 0 Å². The maximum atomic E-state index is 4.98. The van der Waals surface area contributed by atoms with Gasteiger partial charge in [0.1, 0.15) is 11.3 Å². The van der Waals surface area contributed by atoms with E-state index in [0.717, 1.165) is 24.3 Å². The number of nitrogens with zero attached hydrogens (tertiary/aromatic N) is 3. The number of pyridine rings is 1. The van der Waals surface area contributed by atoms with Crippen molar-refractivity contribution >= 4 is 22.9 Å². The molecule has 0 saturated carbocycles. The number of aromatic nitrogens is 3. The monoisotopic (exact) mass is 302 g/mol. The number of thioether (sulfide) groups is 1. The summed E-state index contributed by atoms with van der Waals surface area (Å²) in [4.78, 5) is 9.63. The number of nitrogens with one attached hydrogen (secondary N) is 1. The minimum absolute atomic E-state index is 0.565. The highest BCUT2D eigenvalue weighted by Crippen LogP contribution is 2.35. The van der Waals surface area contributed by atoms with Gasteiger partial charge in [0, 0.05) is 18.2 Å². The predicted octanol–water partition coefficient (Wildman–Crippen LogP) is 2.97. The molecule has 0 aliphatic carbocycles. The van der Waals surface area contributed by atoms with Gasteiger partial charge < -0.3 is 9.88 Å². The van der Waals surface area contributed by atoms with Crippen LogP contribution in [0.1, 0.15) is 43.5 Å². The third kappa shape index (κ3) is 2.57. The maximum absolute atomic E-state index is 4.98. The quantitative estimate of drug-likeness (QED) is 0.926. The van der Waals surface area contributed by atoms with Crippen molar-refractivity contribution in [3.63, 3.8) is 0 Å². The van der Waals surface area contributed by atoms with Crippen LogP contribution in [0.5, 0.6) is 0 Å². The second-order valence-electron chi connectivity index (χ2n) is 6.05. The van der Waals surface area contributed by atoms with E-state index in [-0.39, 0.29) is 0 Å². The fourth-order valence-corrected chi connectivity index (χ4v) is 4.72. The molecule has 2 aromatic rings.